The normalized spacial score (nSPS) is 13.2. The minimum absolute atomic E-state index is 0.0194. The number of amides is 1. The zero-order valence-corrected chi connectivity index (χ0v) is 22.9. The van der Waals surface area contributed by atoms with E-state index in [9.17, 15) is 14.9 Å². The first-order valence-corrected chi connectivity index (χ1v) is 13.4. The van der Waals surface area contributed by atoms with Crippen molar-refractivity contribution in [3.63, 3.8) is 0 Å². The minimum Gasteiger partial charge on any atom is -0.462 e. The number of halogens is 1. The number of nitrogens with zero attached hydrogens (tertiary/aromatic N) is 2. The Morgan fingerprint density at radius 1 is 1.23 bits per heavy atom. The summed E-state index contributed by atoms with van der Waals surface area (Å²) in [5.74, 6) is -0.957. The number of nitrogens with one attached hydrogen (secondary N) is 1. The summed E-state index contributed by atoms with van der Waals surface area (Å²) in [6, 6.07) is 12.2. The molecule has 0 saturated carbocycles. The van der Waals surface area contributed by atoms with Gasteiger partial charge in [-0.3, -0.25) is 4.79 Å². The summed E-state index contributed by atoms with van der Waals surface area (Å²) in [7, 11) is 0. The molecule has 1 aliphatic rings. The number of carbonyl (C=O) groups excluding carboxylic acids is 2. The fraction of sp³-hybridized carbons (Fsp3) is 0.296. The van der Waals surface area contributed by atoms with E-state index in [0.29, 0.717) is 10.6 Å². The minimum atomic E-state index is -0.532. The summed E-state index contributed by atoms with van der Waals surface area (Å²) < 4.78 is 8.52. The van der Waals surface area contributed by atoms with Crippen LogP contribution in [0.25, 0.3) is 11.8 Å². The van der Waals surface area contributed by atoms with Gasteiger partial charge in [0.1, 0.15) is 16.6 Å². The van der Waals surface area contributed by atoms with E-state index >= 15 is 0 Å². The highest BCUT2D eigenvalue weighted by Gasteiger charge is 2.28. The van der Waals surface area contributed by atoms with Gasteiger partial charge in [-0.1, -0.05) is 0 Å². The molecule has 1 aromatic carbocycles. The number of esters is 1. The SMILES string of the molecule is CCOC(=O)c1c(NC(=O)/C(C#N)=C/c2cc(C)n(-c3ccc(I)cc3)c2C)sc2c1CCCC2. The lowest BCUT2D eigenvalue weighted by Crippen LogP contribution is -2.16. The fourth-order valence-corrected chi connectivity index (χ4v) is 6.10. The number of hydrogen-bond donors (Lipinski definition) is 1. The van der Waals surface area contributed by atoms with E-state index in [-0.39, 0.29) is 12.2 Å². The number of thiophene rings is 1. The summed E-state index contributed by atoms with van der Waals surface area (Å²) >= 11 is 3.68. The number of nitriles is 1. The van der Waals surface area contributed by atoms with Crippen molar-refractivity contribution >= 4 is 56.9 Å². The van der Waals surface area contributed by atoms with Crippen LogP contribution in [0.5, 0.6) is 0 Å². The predicted octanol–water partition coefficient (Wildman–Crippen LogP) is 6.36. The number of hydrogen-bond acceptors (Lipinski definition) is 5. The van der Waals surface area contributed by atoms with Gasteiger partial charge in [0.05, 0.1) is 12.2 Å². The van der Waals surface area contributed by atoms with Gasteiger partial charge in [-0.2, -0.15) is 5.26 Å². The maximum absolute atomic E-state index is 13.1. The number of carbonyl (C=O) groups is 2. The number of aryl methyl sites for hydroxylation is 2. The van der Waals surface area contributed by atoms with Crippen LogP contribution >= 0.6 is 33.9 Å². The van der Waals surface area contributed by atoms with Gasteiger partial charge in [0.15, 0.2) is 0 Å². The van der Waals surface area contributed by atoms with Gasteiger partial charge in [0.25, 0.3) is 5.91 Å². The van der Waals surface area contributed by atoms with Crippen molar-refractivity contribution in [2.24, 2.45) is 0 Å². The molecule has 2 aromatic heterocycles. The molecule has 6 nitrogen and oxygen atoms in total. The molecule has 2 heterocycles. The van der Waals surface area contributed by atoms with Crippen LogP contribution in [0.4, 0.5) is 5.00 Å². The highest BCUT2D eigenvalue weighted by Crippen LogP contribution is 2.39. The summed E-state index contributed by atoms with van der Waals surface area (Å²) in [4.78, 5) is 27.0. The van der Waals surface area contributed by atoms with Crippen LogP contribution in [0.3, 0.4) is 0 Å². The summed E-state index contributed by atoms with van der Waals surface area (Å²) in [6.45, 7) is 5.99. The molecular formula is C27H26IN3O3S. The van der Waals surface area contributed by atoms with Crippen molar-refractivity contribution < 1.29 is 14.3 Å². The lowest BCUT2D eigenvalue weighted by atomic mass is 9.95. The van der Waals surface area contributed by atoms with Gasteiger partial charge < -0.3 is 14.6 Å². The van der Waals surface area contributed by atoms with Crippen molar-refractivity contribution in [1.82, 2.24) is 4.57 Å². The Balaban J connectivity index is 1.66. The summed E-state index contributed by atoms with van der Waals surface area (Å²) in [5.41, 5.74) is 5.14. The molecule has 1 aliphatic carbocycles. The van der Waals surface area contributed by atoms with E-state index in [1.807, 2.05) is 50.2 Å². The van der Waals surface area contributed by atoms with Crippen LogP contribution in [-0.2, 0) is 22.4 Å². The van der Waals surface area contributed by atoms with E-state index in [1.165, 1.54) is 11.3 Å². The fourth-order valence-electron chi connectivity index (χ4n) is 4.47. The third kappa shape index (κ3) is 5.21. The standard InChI is InChI=1S/C27H26IN3O3S/c1-4-34-27(33)24-22-7-5-6-8-23(22)35-26(24)30-25(32)19(15-29)14-18-13-16(2)31(17(18)3)21-11-9-20(28)10-12-21/h9-14H,4-8H2,1-3H3,(H,30,32)/b19-14+. The van der Waals surface area contributed by atoms with Crippen molar-refractivity contribution in [3.8, 4) is 11.8 Å². The Kier molecular flexibility index (Phi) is 7.77. The first-order chi connectivity index (χ1) is 16.8. The van der Waals surface area contributed by atoms with Crippen molar-refractivity contribution in [1.29, 1.82) is 5.26 Å². The zero-order valence-electron chi connectivity index (χ0n) is 19.9. The molecule has 0 spiro atoms. The van der Waals surface area contributed by atoms with Gasteiger partial charge >= 0.3 is 5.97 Å². The second-order valence-electron chi connectivity index (χ2n) is 8.40. The number of fused-ring (bicyclic) bond motifs is 1. The lowest BCUT2D eigenvalue weighted by Gasteiger charge is -2.12. The third-order valence-electron chi connectivity index (χ3n) is 6.10. The molecule has 3 aromatic rings. The van der Waals surface area contributed by atoms with E-state index in [2.05, 4.69) is 32.5 Å². The number of anilines is 1. The maximum Gasteiger partial charge on any atom is 0.341 e. The summed E-state index contributed by atoms with van der Waals surface area (Å²) in [6.07, 6.45) is 5.35. The van der Waals surface area contributed by atoms with E-state index in [0.717, 1.165) is 62.3 Å². The molecule has 0 radical (unpaired) electrons. The van der Waals surface area contributed by atoms with Crippen LogP contribution in [0.1, 0.15) is 57.5 Å². The molecule has 8 heteroatoms. The molecule has 0 atom stereocenters. The molecule has 180 valence electrons. The van der Waals surface area contributed by atoms with Gasteiger partial charge in [0.2, 0.25) is 0 Å². The molecule has 1 N–H and O–H groups in total. The van der Waals surface area contributed by atoms with Gasteiger partial charge in [0, 0.05) is 25.5 Å². The van der Waals surface area contributed by atoms with Gasteiger partial charge in [-0.15, -0.1) is 11.3 Å². The number of ether oxygens (including phenoxy) is 1. The van der Waals surface area contributed by atoms with Crippen LogP contribution in [0, 0.1) is 28.7 Å². The maximum atomic E-state index is 13.1. The molecule has 35 heavy (non-hydrogen) atoms. The third-order valence-corrected chi connectivity index (χ3v) is 8.02. The van der Waals surface area contributed by atoms with Crippen molar-refractivity contribution in [2.75, 3.05) is 11.9 Å². The quantitative estimate of drug-likeness (QED) is 0.155. The largest absolute Gasteiger partial charge is 0.462 e. The van der Waals surface area contributed by atoms with Crippen molar-refractivity contribution in [2.45, 2.75) is 46.5 Å². The Labute approximate surface area is 222 Å². The Morgan fingerprint density at radius 2 is 1.94 bits per heavy atom. The van der Waals surface area contributed by atoms with Crippen LogP contribution < -0.4 is 5.32 Å². The predicted molar refractivity (Wildman–Crippen MR) is 147 cm³/mol. The Bertz CT molecular complexity index is 1360. The van der Waals surface area contributed by atoms with Crippen molar-refractivity contribution in [3.05, 3.63) is 72.4 Å². The molecule has 0 aliphatic heterocycles. The molecule has 1 amide bonds. The summed E-state index contributed by atoms with van der Waals surface area (Å²) in [5, 5.41) is 13.1. The lowest BCUT2D eigenvalue weighted by molar-refractivity contribution is -0.112. The molecule has 4 rings (SSSR count). The zero-order chi connectivity index (χ0) is 25.1. The smallest absolute Gasteiger partial charge is 0.341 e. The van der Waals surface area contributed by atoms with Gasteiger partial charge in [-0.25, -0.2) is 4.79 Å². The monoisotopic (exact) mass is 599 g/mol. The molecule has 0 bridgehead atoms. The second-order valence-corrected chi connectivity index (χ2v) is 10.7. The molecule has 0 fully saturated rings. The van der Waals surface area contributed by atoms with Crippen LogP contribution in [0.2, 0.25) is 0 Å². The highest BCUT2D eigenvalue weighted by molar-refractivity contribution is 14.1. The average Bonchev–Trinajstić information content (AvgIpc) is 3.34. The average molecular weight is 599 g/mol. The Morgan fingerprint density at radius 3 is 2.63 bits per heavy atom. The van der Waals surface area contributed by atoms with E-state index < -0.39 is 11.9 Å². The van der Waals surface area contributed by atoms with E-state index in [1.54, 1.807) is 13.0 Å². The molecular weight excluding hydrogens is 573 g/mol. The van der Waals surface area contributed by atoms with Crippen LogP contribution in [0.15, 0.2) is 35.9 Å². The number of rotatable bonds is 6. The number of benzene rings is 1. The first kappa shape index (κ1) is 25.2. The molecule has 0 unspecified atom stereocenters. The number of aromatic nitrogens is 1. The Hall–Kier alpha value is -2.90. The molecule has 0 saturated heterocycles. The van der Waals surface area contributed by atoms with Crippen LogP contribution in [-0.4, -0.2) is 23.1 Å². The topological polar surface area (TPSA) is 84.1 Å². The van der Waals surface area contributed by atoms with E-state index in [4.69, 9.17) is 4.74 Å². The highest BCUT2D eigenvalue weighted by atomic mass is 127. The van der Waals surface area contributed by atoms with Gasteiger partial charge in [-0.05, 0) is 117 Å². The first-order valence-electron chi connectivity index (χ1n) is 11.5. The second kappa shape index (κ2) is 10.8.